The summed E-state index contributed by atoms with van der Waals surface area (Å²) in [6.07, 6.45) is 2.31. The van der Waals surface area contributed by atoms with Gasteiger partial charge >= 0.3 is 5.63 Å². The minimum Gasteiger partial charge on any atom is -0.485 e. The largest absolute Gasteiger partial charge is 0.485 e. The summed E-state index contributed by atoms with van der Waals surface area (Å²) in [7, 11) is 0. The van der Waals surface area contributed by atoms with Crippen LogP contribution in [0.3, 0.4) is 0 Å². The van der Waals surface area contributed by atoms with E-state index in [-0.39, 0.29) is 12.2 Å². The molecule has 1 unspecified atom stereocenters. The Morgan fingerprint density at radius 3 is 2.62 bits per heavy atom. The smallest absolute Gasteiger partial charge is 0.345 e. The van der Waals surface area contributed by atoms with Crippen molar-refractivity contribution in [2.75, 3.05) is 6.61 Å². The number of amides is 1. The molecule has 1 N–H and O–H groups in total. The molecule has 3 heterocycles. The number of para-hydroxylation sites is 4. The first-order valence-electron chi connectivity index (χ1n) is 11.6. The van der Waals surface area contributed by atoms with Gasteiger partial charge < -0.3 is 13.9 Å². The van der Waals surface area contributed by atoms with E-state index in [2.05, 4.69) is 15.6 Å². The van der Waals surface area contributed by atoms with Crippen LogP contribution in [0.1, 0.15) is 5.56 Å². The van der Waals surface area contributed by atoms with Gasteiger partial charge in [-0.1, -0.05) is 48.5 Å². The lowest BCUT2D eigenvalue weighted by Gasteiger charge is -2.24. The number of carbonyl (C=O) groups excluding carboxylic acids is 1. The van der Waals surface area contributed by atoms with Crippen LogP contribution in [0.5, 0.6) is 11.5 Å². The van der Waals surface area contributed by atoms with Crippen LogP contribution < -0.4 is 20.5 Å². The molecule has 182 valence electrons. The molecule has 3 aromatic carbocycles. The highest BCUT2D eigenvalue weighted by molar-refractivity contribution is 5.91. The summed E-state index contributed by atoms with van der Waals surface area (Å²) < 4.78 is 18.5. The quantitative estimate of drug-likeness (QED) is 0.226. The molecule has 0 fully saturated rings. The van der Waals surface area contributed by atoms with Gasteiger partial charge in [0, 0.05) is 17.1 Å². The maximum atomic E-state index is 12.9. The number of fused-ring (bicyclic) bond motifs is 2. The lowest BCUT2D eigenvalue weighted by atomic mass is 10.1. The highest BCUT2D eigenvalue weighted by Crippen LogP contribution is 2.31. The molecule has 6 rings (SSSR count). The van der Waals surface area contributed by atoms with Crippen molar-refractivity contribution in [2.45, 2.75) is 6.10 Å². The monoisotopic (exact) mass is 492 g/mol. The zero-order valence-corrected chi connectivity index (χ0v) is 19.4. The lowest BCUT2D eigenvalue weighted by Crippen LogP contribution is -2.42. The van der Waals surface area contributed by atoms with Crippen molar-refractivity contribution in [3.63, 3.8) is 0 Å². The van der Waals surface area contributed by atoms with Gasteiger partial charge in [0.15, 0.2) is 11.5 Å². The zero-order valence-electron chi connectivity index (χ0n) is 19.4. The van der Waals surface area contributed by atoms with E-state index < -0.39 is 17.6 Å². The number of nitrogens with one attached hydrogen (secondary N) is 1. The summed E-state index contributed by atoms with van der Waals surface area (Å²) in [6, 6.07) is 25.6. The van der Waals surface area contributed by atoms with Crippen molar-refractivity contribution in [3.8, 4) is 28.4 Å². The van der Waals surface area contributed by atoms with Crippen LogP contribution in [0.15, 0.2) is 105 Å². The van der Waals surface area contributed by atoms with Gasteiger partial charge in [-0.05, 0) is 36.4 Å². The normalized spacial score (nSPS) is 14.6. The summed E-state index contributed by atoms with van der Waals surface area (Å²) in [5.41, 5.74) is 4.40. The first kappa shape index (κ1) is 22.3. The Kier molecular flexibility index (Phi) is 5.70. The number of rotatable bonds is 5. The predicted molar refractivity (Wildman–Crippen MR) is 137 cm³/mol. The van der Waals surface area contributed by atoms with Gasteiger partial charge in [0.25, 0.3) is 5.91 Å². The molecular formula is C28H20N4O5. The Balaban J connectivity index is 1.31. The van der Waals surface area contributed by atoms with Crippen LogP contribution >= 0.6 is 0 Å². The Morgan fingerprint density at radius 2 is 1.76 bits per heavy atom. The molecule has 1 aliphatic rings. The van der Waals surface area contributed by atoms with Gasteiger partial charge in [0.2, 0.25) is 6.10 Å². The molecule has 0 spiro atoms. The van der Waals surface area contributed by atoms with Gasteiger partial charge in [-0.2, -0.15) is 10.2 Å². The van der Waals surface area contributed by atoms with E-state index in [0.29, 0.717) is 28.3 Å². The number of benzene rings is 3. The summed E-state index contributed by atoms with van der Waals surface area (Å²) in [5.74, 6) is 0.613. The Hall–Kier alpha value is -5.18. The summed E-state index contributed by atoms with van der Waals surface area (Å²) in [4.78, 5) is 25.5. The fourth-order valence-electron chi connectivity index (χ4n) is 4.02. The standard InChI is InChI=1S/C28H20N4O5/c33-27(25-17-35-23-12-6-7-13-24(23)36-25)30-29-15-19-16-32(20-9-2-1-3-10-20)31-26(19)21-14-18-8-4-5-11-22(18)37-28(21)34/h1-16,25H,17H2,(H,30,33)/b29-15+. The minimum absolute atomic E-state index is 0.0632. The number of hydrogen-bond donors (Lipinski definition) is 1. The van der Waals surface area contributed by atoms with Crippen molar-refractivity contribution in [1.82, 2.24) is 15.2 Å². The van der Waals surface area contributed by atoms with E-state index in [0.717, 1.165) is 11.1 Å². The summed E-state index contributed by atoms with van der Waals surface area (Å²) in [6.45, 7) is 0.0632. The molecule has 37 heavy (non-hydrogen) atoms. The number of hydrogen-bond acceptors (Lipinski definition) is 7. The summed E-state index contributed by atoms with van der Waals surface area (Å²) >= 11 is 0. The highest BCUT2D eigenvalue weighted by Gasteiger charge is 2.27. The van der Waals surface area contributed by atoms with Crippen molar-refractivity contribution >= 4 is 23.1 Å². The van der Waals surface area contributed by atoms with Crippen LogP contribution in [-0.4, -0.2) is 34.6 Å². The van der Waals surface area contributed by atoms with Crippen LogP contribution in [0.2, 0.25) is 0 Å². The number of nitrogens with zero attached hydrogens (tertiary/aromatic N) is 3. The van der Waals surface area contributed by atoms with E-state index >= 15 is 0 Å². The van der Waals surface area contributed by atoms with Gasteiger partial charge in [-0.15, -0.1) is 0 Å². The molecule has 0 bridgehead atoms. The second-order valence-electron chi connectivity index (χ2n) is 8.30. The molecule has 9 nitrogen and oxygen atoms in total. The van der Waals surface area contributed by atoms with Crippen LogP contribution in [0.25, 0.3) is 27.9 Å². The number of aromatic nitrogens is 2. The minimum atomic E-state index is -0.855. The molecule has 0 radical (unpaired) electrons. The SMILES string of the molecule is O=C(N/N=C/c1cn(-c2ccccc2)nc1-c1cc2ccccc2oc1=O)C1COc2ccccc2O1. The predicted octanol–water partition coefficient (Wildman–Crippen LogP) is 3.94. The van der Waals surface area contributed by atoms with Crippen molar-refractivity contribution < 1.29 is 18.7 Å². The molecule has 0 aliphatic carbocycles. The average Bonchev–Trinajstić information content (AvgIpc) is 3.36. The number of hydrazone groups is 1. The van der Waals surface area contributed by atoms with Crippen molar-refractivity contribution in [3.05, 3.63) is 107 Å². The molecular weight excluding hydrogens is 472 g/mol. The number of ether oxygens (including phenoxy) is 2. The molecule has 9 heteroatoms. The van der Waals surface area contributed by atoms with E-state index in [1.54, 1.807) is 47.3 Å². The first-order chi connectivity index (χ1) is 18.2. The lowest BCUT2D eigenvalue weighted by molar-refractivity contribution is -0.130. The molecule has 0 saturated carbocycles. The van der Waals surface area contributed by atoms with Gasteiger partial charge in [-0.3, -0.25) is 4.79 Å². The molecule has 1 atom stereocenters. The van der Waals surface area contributed by atoms with Crippen molar-refractivity contribution in [2.24, 2.45) is 5.10 Å². The van der Waals surface area contributed by atoms with Crippen LogP contribution in [-0.2, 0) is 4.79 Å². The molecule has 1 amide bonds. The van der Waals surface area contributed by atoms with E-state index in [1.165, 1.54) is 6.21 Å². The topological polar surface area (TPSA) is 108 Å². The first-order valence-corrected chi connectivity index (χ1v) is 11.6. The van der Waals surface area contributed by atoms with E-state index in [4.69, 9.17) is 13.9 Å². The molecule has 0 saturated heterocycles. The zero-order chi connectivity index (χ0) is 25.2. The third-order valence-electron chi connectivity index (χ3n) is 5.84. The van der Waals surface area contributed by atoms with Crippen molar-refractivity contribution in [1.29, 1.82) is 0 Å². The Labute approximate surface area is 210 Å². The maximum Gasteiger partial charge on any atom is 0.345 e. The fourth-order valence-corrected chi connectivity index (χ4v) is 4.02. The Bertz CT molecular complexity index is 1690. The average molecular weight is 492 g/mol. The van der Waals surface area contributed by atoms with E-state index in [1.807, 2.05) is 48.5 Å². The van der Waals surface area contributed by atoms with E-state index in [9.17, 15) is 9.59 Å². The number of carbonyl (C=O) groups is 1. The third kappa shape index (κ3) is 4.45. The molecule has 1 aliphatic heterocycles. The fraction of sp³-hybridized carbons (Fsp3) is 0.0714. The van der Waals surface area contributed by atoms with Crippen LogP contribution in [0, 0.1) is 0 Å². The second kappa shape index (κ2) is 9.46. The van der Waals surface area contributed by atoms with Crippen LogP contribution in [0.4, 0.5) is 0 Å². The maximum absolute atomic E-state index is 12.9. The van der Waals surface area contributed by atoms with Gasteiger partial charge in [0.1, 0.15) is 17.9 Å². The van der Waals surface area contributed by atoms with Gasteiger partial charge in [0.05, 0.1) is 17.5 Å². The highest BCUT2D eigenvalue weighted by atomic mass is 16.6. The molecule has 5 aromatic rings. The Morgan fingerprint density at radius 1 is 1.00 bits per heavy atom. The summed E-state index contributed by atoms with van der Waals surface area (Å²) in [5, 5.41) is 9.51. The molecule has 2 aromatic heterocycles. The van der Waals surface area contributed by atoms with Gasteiger partial charge in [-0.25, -0.2) is 14.9 Å². The second-order valence-corrected chi connectivity index (χ2v) is 8.30. The third-order valence-corrected chi connectivity index (χ3v) is 5.84.